The van der Waals surface area contributed by atoms with Crippen LogP contribution in [0, 0.1) is 6.92 Å². The lowest BCUT2D eigenvalue weighted by molar-refractivity contribution is 0.0354. The second-order valence-corrected chi connectivity index (χ2v) is 10.1. The predicted octanol–water partition coefficient (Wildman–Crippen LogP) is 5.22. The minimum Gasteiger partial charge on any atom is -0.494 e. The summed E-state index contributed by atoms with van der Waals surface area (Å²) in [6, 6.07) is 16.4. The number of morpholine rings is 1. The van der Waals surface area contributed by atoms with Gasteiger partial charge in [0.25, 0.3) is 5.91 Å². The van der Waals surface area contributed by atoms with Crippen LogP contribution in [0.4, 0.5) is 0 Å². The Labute approximate surface area is 219 Å². The van der Waals surface area contributed by atoms with Crippen molar-refractivity contribution in [2.45, 2.75) is 45.6 Å². The third-order valence-corrected chi connectivity index (χ3v) is 7.38. The molecule has 2 aromatic carbocycles. The van der Waals surface area contributed by atoms with Crippen molar-refractivity contribution in [2.24, 2.45) is 0 Å². The van der Waals surface area contributed by atoms with Crippen LogP contribution < -0.4 is 4.74 Å². The third-order valence-electron chi connectivity index (χ3n) is 7.38. The molecular formula is C30H38N4O3. The molecule has 7 heteroatoms. The van der Waals surface area contributed by atoms with Gasteiger partial charge < -0.3 is 14.4 Å². The summed E-state index contributed by atoms with van der Waals surface area (Å²) >= 11 is 0. The lowest BCUT2D eigenvalue weighted by Crippen LogP contribution is -2.38. The van der Waals surface area contributed by atoms with Crippen molar-refractivity contribution in [1.29, 1.82) is 0 Å². The Hall–Kier alpha value is -3.16. The van der Waals surface area contributed by atoms with Gasteiger partial charge in [-0.2, -0.15) is 5.10 Å². The molecule has 0 spiro atoms. The van der Waals surface area contributed by atoms with E-state index in [-0.39, 0.29) is 11.9 Å². The summed E-state index contributed by atoms with van der Waals surface area (Å²) in [6.07, 6.45) is 4.32. The van der Waals surface area contributed by atoms with Gasteiger partial charge in [0, 0.05) is 37.3 Å². The van der Waals surface area contributed by atoms with E-state index in [0.29, 0.717) is 12.2 Å². The Morgan fingerprint density at radius 3 is 2.49 bits per heavy atom. The largest absolute Gasteiger partial charge is 0.494 e. The molecule has 3 aromatic rings. The van der Waals surface area contributed by atoms with E-state index in [4.69, 9.17) is 9.47 Å². The molecule has 2 aliphatic heterocycles. The molecule has 1 aromatic heterocycles. The van der Waals surface area contributed by atoms with Crippen molar-refractivity contribution in [1.82, 2.24) is 20.0 Å². The molecule has 1 saturated heterocycles. The van der Waals surface area contributed by atoms with Crippen LogP contribution in [0.25, 0.3) is 11.3 Å². The number of hydrogen-bond acceptors (Lipinski definition) is 5. The van der Waals surface area contributed by atoms with E-state index >= 15 is 0 Å². The second-order valence-electron chi connectivity index (χ2n) is 10.1. The number of benzene rings is 2. The van der Waals surface area contributed by atoms with Gasteiger partial charge in [0.2, 0.25) is 0 Å². The summed E-state index contributed by atoms with van der Waals surface area (Å²) in [5.41, 5.74) is 5.72. The maximum Gasteiger partial charge on any atom is 0.273 e. The lowest BCUT2D eigenvalue weighted by atomic mass is 9.95. The van der Waals surface area contributed by atoms with Gasteiger partial charge in [-0.1, -0.05) is 61.7 Å². The van der Waals surface area contributed by atoms with E-state index in [1.54, 1.807) is 0 Å². The van der Waals surface area contributed by atoms with Gasteiger partial charge >= 0.3 is 0 Å². The fraction of sp³-hybridized carbons (Fsp3) is 0.467. The third kappa shape index (κ3) is 5.73. The van der Waals surface area contributed by atoms with E-state index in [9.17, 15) is 4.79 Å². The van der Waals surface area contributed by atoms with Crippen LogP contribution in [0.15, 0.2) is 48.5 Å². The van der Waals surface area contributed by atoms with Crippen LogP contribution in [-0.2, 0) is 4.74 Å². The zero-order valence-corrected chi connectivity index (χ0v) is 22.0. The van der Waals surface area contributed by atoms with Crippen LogP contribution in [0.3, 0.4) is 0 Å². The van der Waals surface area contributed by atoms with Crippen LogP contribution in [-0.4, -0.2) is 71.9 Å². The molecule has 1 unspecified atom stereocenters. The van der Waals surface area contributed by atoms with Crippen LogP contribution >= 0.6 is 0 Å². The smallest absolute Gasteiger partial charge is 0.273 e. The number of carbonyl (C=O) groups excluding carboxylic acids is 1. The summed E-state index contributed by atoms with van der Waals surface area (Å²) in [4.78, 5) is 18.1. The second kappa shape index (κ2) is 11.9. The molecule has 1 amide bonds. The highest BCUT2D eigenvalue weighted by Gasteiger charge is 2.41. The fourth-order valence-corrected chi connectivity index (χ4v) is 5.28. The molecule has 5 rings (SSSR count). The van der Waals surface area contributed by atoms with Gasteiger partial charge in [-0.25, -0.2) is 0 Å². The fourth-order valence-electron chi connectivity index (χ4n) is 5.28. The van der Waals surface area contributed by atoms with Crippen molar-refractivity contribution in [3.05, 3.63) is 70.9 Å². The first-order chi connectivity index (χ1) is 18.2. The van der Waals surface area contributed by atoms with Gasteiger partial charge in [0.05, 0.1) is 31.6 Å². The first-order valence-electron chi connectivity index (χ1n) is 13.6. The number of unbranched alkanes of at least 4 members (excludes halogenated alkanes) is 2. The Morgan fingerprint density at radius 1 is 1.00 bits per heavy atom. The molecule has 7 nitrogen and oxygen atoms in total. The minimum atomic E-state index is -0.184. The normalized spacial score (nSPS) is 17.8. The van der Waals surface area contributed by atoms with E-state index < -0.39 is 0 Å². The molecule has 0 saturated carbocycles. The standard InChI is InChI=1S/C30H38N4O3/c1-3-4-5-19-37-25-13-11-24(12-14-25)29-26-27(23-9-7-22(2)8-10-23)31-32-28(26)30(35)34(29)16-6-15-33-17-20-36-21-18-33/h7-14,29H,3-6,15-21H2,1-2H3,(H,31,32). The van der Waals surface area contributed by atoms with Crippen LogP contribution in [0.1, 0.15) is 65.8 Å². The number of nitrogens with zero attached hydrogens (tertiary/aromatic N) is 3. The number of rotatable bonds is 11. The monoisotopic (exact) mass is 502 g/mol. The number of ether oxygens (including phenoxy) is 2. The number of hydrogen-bond donors (Lipinski definition) is 1. The lowest BCUT2D eigenvalue weighted by Gasteiger charge is -2.29. The molecule has 1 fully saturated rings. The topological polar surface area (TPSA) is 70.7 Å². The number of H-pyrrole nitrogens is 1. The van der Waals surface area contributed by atoms with Crippen LogP contribution in [0.2, 0.25) is 0 Å². The van der Waals surface area contributed by atoms with Gasteiger partial charge in [0.15, 0.2) is 0 Å². The Bertz CT molecular complexity index is 1170. The summed E-state index contributed by atoms with van der Waals surface area (Å²) < 4.78 is 11.4. The van der Waals surface area contributed by atoms with Gasteiger partial charge in [-0.3, -0.25) is 14.8 Å². The molecule has 0 radical (unpaired) electrons. The van der Waals surface area contributed by atoms with Gasteiger partial charge in [-0.15, -0.1) is 0 Å². The zero-order chi connectivity index (χ0) is 25.6. The molecule has 2 aliphatic rings. The van der Waals surface area contributed by atoms with Crippen molar-refractivity contribution < 1.29 is 14.3 Å². The van der Waals surface area contributed by atoms with E-state index in [0.717, 1.165) is 80.4 Å². The minimum absolute atomic E-state index is 0.0210. The Kier molecular flexibility index (Phi) is 8.21. The highest BCUT2D eigenvalue weighted by molar-refractivity contribution is 6.00. The molecule has 0 bridgehead atoms. The first-order valence-corrected chi connectivity index (χ1v) is 13.6. The summed E-state index contributed by atoms with van der Waals surface area (Å²) in [7, 11) is 0. The summed E-state index contributed by atoms with van der Waals surface area (Å²) in [6.45, 7) is 10.1. The van der Waals surface area contributed by atoms with Crippen molar-refractivity contribution in [3.8, 4) is 17.0 Å². The highest BCUT2D eigenvalue weighted by Crippen LogP contribution is 2.43. The molecule has 0 aliphatic carbocycles. The maximum absolute atomic E-state index is 13.6. The average molecular weight is 503 g/mol. The Morgan fingerprint density at radius 2 is 1.76 bits per heavy atom. The van der Waals surface area contributed by atoms with E-state index in [1.807, 2.05) is 17.0 Å². The quantitative estimate of drug-likeness (QED) is 0.364. The molecule has 196 valence electrons. The van der Waals surface area contributed by atoms with E-state index in [2.05, 4.69) is 65.3 Å². The predicted molar refractivity (Wildman–Crippen MR) is 145 cm³/mol. The van der Waals surface area contributed by atoms with Gasteiger partial charge in [0.1, 0.15) is 11.4 Å². The highest BCUT2D eigenvalue weighted by atomic mass is 16.5. The van der Waals surface area contributed by atoms with E-state index in [1.165, 1.54) is 18.4 Å². The number of aryl methyl sites for hydroxylation is 1. The van der Waals surface area contributed by atoms with Crippen molar-refractivity contribution in [2.75, 3.05) is 46.0 Å². The number of carbonyl (C=O) groups is 1. The Balaban J connectivity index is 1.40. The number of nitrogens with one attached hydrogen (secondary N) is 1. The number of amides is 1. The van der Waals surface area contributed by atoms with Crippen LogP contribution in [0.5, 0.6) is 5.75 Å². The molecular weight excluding hydrogens is 464 g/mol. The number of aromatic amines is 1. The molecule has 37 heavy (non-hydrogen) atoms. The zero-order valence-electron chi connectivity index (χ0n) is 22.0. The maximum atomic E-state index is 13.6. The van der Waals surface area contributed by atoms with Crippen molar-refractivity contribution >= 4 is 5.91 Å². The SMILES string of the molecule is CCCCCOc1ccc(C2c3c(-c4ccc(C)cc4)n[nH]c3C(=O)N2CCCN2CCOCC2)cc1. The summed E-state index contributed by atoms with van der Waals surface area (Å²) in [5.74, 6) is 0.891. The summed E-state index contributed by atoms with van der Waals surface area (Å²) in [5, 5.41) is 7.69. The molecule has 1 atom stereocenters. The molecule has 1 N–H and O–H groups in total. The number of aromatic nitrogens is 2. The van der Waals surface area contributed by atoms with Crippen molar-refractivity contribution in [3.63, 3.8) is 0 Å². The molecule has 3 heterocycles. The number of fused-ring (bicyclic) bond motifs is 1. The first kappa shape index (κ1) is 25.5. The average Bonchev–Trinajstić information content (AvgIpc) is 3.47. The van der Waals surface area contributed by atoms with Gasteiger partial charge in [-0.05, 0) is 37.5 Å².